The third-order valence-corrected chi connectivity index (χ3v) is 4.04. The van der Waals surface area contributed by atoms with Gasteiger partial charge in [-0.3, -0.25) is 4.79 Å². The minimum atomic E-state index is -0.395. The first-order valence-electron chi connectivity index (χ1n) is 7.46. The van der Waals surface area contributed by atoms with Gasteiger partial charge in [0, 0.05) is 11.4 Å². The van der Waals surface area contributed by atoms with E-state index in [2.05, 4.69) is 10.1 Å². The van der Waals surface area contributed by atoms with E-state index in [0.717, 1.165) is 11.3 Å². The Morgan fingerprint density at radius 3 is 2.46 bits per heavy atom. The molecule has 0 unspecified atom stereocenters. The molecule has 2 aromatic rings. The van der Waals surface area contributed by atoms with Crippen LogP contribution < -0.4 is 5.32 Å². The molecule has 0 aliphatic heterocycles. The van der Waals surface area contributed by atoms with E-state index in [9.17, 15) is 9.59 Å². The second kappa shape index (κ2) is 9.57. The highest BCUT2D eigenvalue weighted by Crippen LogP contribution is 2.11. The van der Waals surface area contributed by atoms with Crippen molar-refractivity contribution in [1.82, 2.24) is 0 Å². The molecule has 0 aliphatic rings. The van der Waals surface area contributed by atoms with Crippen molar-refractivity contribution in [3.63, 3.8) is 0 Å². The number of benzene rings is 2. The van der Waals surface area contributed by atoms with Gasteiger partial charge in [0.1, 0.15) is 0 Å². The number of carbonyl (C=O) groups excluding carboxylic acids is 2. The first kappa shape index (κ1) is 17.8. The molecule has 24 heavy (non-hydrogen) atoms. The SMILES string of the molecule is COC(=O)c1ccc(NC(=O)CSC/C=C\c2ccccc2)cc1. The Morgan fingerprint density at radius 2 is 1.79 bits per heavy atom. The molecule has 2 rings (SSSR count). The van der Waals surface area contributed by atoms with E-state index in [4.69, 9.17) is 0 Å². The zero-order valence-electron chi connectivity index (χ0n) is 13.4. The first-order chi connectivity index (χ1) is 11.7. The Morgan fingerprint density at radius 1 is 1.08 bits per heavy atom. The summed E-state index contributed by atoms with van der Waals surface area (Å²) in [4.78, 5) is 23.2. The van der Waals surface area contributed by atoms with Gasteiger partial charge in [0.15, 0.2) is 0 Å². The van der Waals surface area contributed by atoms with E-state index >= 15 is 0 Å². The number of rotatable bonds is 7. The van der Waals surface area contributed by atoms with E-state index < -0.39 is 5.97 Å². The molecule has 0 saturated carbocycles. The largest absolute Gasteiger partial charge is 0.465 e. The predicted octanol–water partition coefficient (Wildman–Crippen LogP) is 3.86. The van der Waals surface area contributed by atoms with Gasteiger partial charge < -0.3 is 10.1 Å². The Labute approximate surface area is 145 Å². The van der Waals surface area contributed by atoms with E-state index in [1.807, 2.05) is 42.5 Å². The number of carbonyl (C=O) groups is 2. The summed E-state index contributed by atoms with van der Waals surface area (Å²) < 4.78 is 4.63. The number of methoxy groups -OCH3 is 1. The number of hydrogen-bond acceptors (Lipinski definition) is 4. The van der Waals surface area contributed by atoms with Crippen molar-refractivity contribution >= 4 is 35.4 Å². The standard InChI is InChI=1S/C19H19NO3S/c1-23-19(22)16-9-11-17(12-10-16)20-18(21)14-24-13-5-8-15-6-3-2-4-7-15/h2-12H,13-14H2,1H3,(H,20,21)/b8-5-. The van der Waals surface area contributed by atoms with Crippen LogP contribution in [0.3, 0.4) is 0 Å². The number of ether oxygens (including phenoxy) is 1. The molecule has 0 heterocycles. The number of nitrogens with one attached hydrogen (secondary N) is 1. The number of amides is 1. The highest BCUT2D eigenvalue weighted by atomic mass is 32.2. The average molecular weight is 341 g/mol. The summed E-state index contributed by atoms with van der Waals surface area (Å²) in [6.07, 6.45) is 4.08. The first-order valence-corrected chi connectivity index (χ1v) is 8.62. The van der Waals surface area contributed by atoms with E-state index in [1.54, 1.807) is 24.3 Å². The average Bonchev–Trinajstić information content (AvgIpc) is 2.62. The molecule has 1 N–H and O–H groups in total. The maximum Gasteiger partial charge on any atom is 0.337 e. The molecule has 0 radical (unpaired) electrons. The van der Waals surface area contributed by atoms with Crippen LogP contribution in [0.1, 0.15) is 15.9 Å². The molecule has 2 aromatic carbocycles. The summed E-state index contributed by atoms with van der Waals surface area (Å²) in [5.74, 6) is 0.675. The van der Waals surface area contributed by atoms with Crippen LogP contribution in [-0.2, 0) is 9.53 Å². The fraction of sp³-hybridized carbons (Fsp3) is 0.158. The zero-order chi connectivity index (χ0) is 17.2. The number of esters is 1. The summed E-state index contributed by atoms with van der Waals surface area (Å²) in [7, 11) is 1.33. The van der Waals surface area contributed by atoms with Gasteiger partial charge in [-0.05, 0) is 29.8 Å². The highest BCUT2D eigenvalue weighted by Gasteiger charge is 2.06. The van der Waals surface area contributed by atoms with Crippen molar-refractivity contribution in [2.75, 3.05) is 23.9 Å². The van der Waals surface area contributed by atoms with Crippen LogP contribution in [0.2, 0.25) is 0 Å². The van der Waals surface area contributed by atoms with E-state index in [0.29, 0.717) is 17.0 Å². The van der Waals surface area contributed by atoms with Gasteiger partial charge in [-0.25, -0.2) is 4.79 Å². The molecule has 0 atom stereocenters. The summed E-state index contributed by atoms with van der Waals surface area (Å²) >= 11 is 1.54. The highest BCUT2D eigenvalue weighted by molar-refractivity contribution is 8.00. The minimum absolute atomic E-state index is 0.0704. The Hall–Kier alpha value is -2.53. The van der Waals surface area contributed by atoms with Gasteiger partial charge >= 0.3 is 5.97 Å². The van der Waals surface area contributed by atoms with Crippen molar-refractivity contribution in [3.05, 3.63) is 71.8 Å². The molecule has 4 nitrogen and oxygen atoms in total. The Balaban J connectivity index is 1.71. The molecule has 0 aromatic heterocycles. The number of thioether (sulfide) groups is 1. The van der Waals surface area contributed by atoms with Gasteiger partial charge in [-0.15, -0.1) is 11.8 Å². The number of hydrogen-bond donors (Lipinski definition) is 1. The van der Waals surface area contributed by atoms with Crippen LogP contribution in [0.5, 0.6) is 0 Å². The third kappa shape index (κ3) is 5.93. The molecule has 1 amide bonds. The maximum absolute atomic E-state index is 11.9. The summed E-state index contributed by atoms with van der Waals surface area (Å²) in [5.41, 5.74) is 2.26. The lowest BCUT2D eigenvalue weighted by molar-refractivity contribution is -0.113. The lowest BCUT2D eigenvalue weighted by Crippen LogP contribution is -2.14. The quantitative estimate of drug-likeness (QED) is 0.614. The van der Waals surface area contributed by atoms with Gasteiger partial charge in [-0.1, -0.05) is 42.5 Å². The Bertz CT molecular complexity index is 696. The summed E-state index contributed by atoms with van der Waals surface area (Å²) in [6.45, 7) is 0. The molecule has 0 fully saturated rings. The number of anilines is 1. The van der Waals surface area contributed by atoms with Gasteiger partial charge in [-0.2, -0.15) is 0 Å². The fourth-order valence-electron chi connectivity index (χ4n) is 1.97. The van der Waals surface area contributed by atoms with Crippen LogP contribution in [0.15, 0.2) is 60.7 Å². The second-order valence-electron chi connectivity index (χ2n) is 4.95. The molecular formula is C19H19NO3S. The fourth-order valence-corrected chi connectivity index (χ4v) is 2.58. The van der Waals surface area contributed by atoms with Gasteiger partial charge in [0.25, 0.3) is 0 Å². The van der Waals surface area contributed by atoms with Crippen molar-refractivity contribution in [2.24, 2.45) is 0 Å². The van der Waals surface area contributed by atoms with Crippen molar-refractivity contribution < 1.29 is 14.3 Å². The normalized spacial score (nSPS) is 10.5. The maximum atomic E-state index is 11.9. The molecule has 0 spiro atoms. The zero-order valence-corrected chi connectivity index (χ0v) is 14.2. The summed E-state index contributed by atoms with van der Waals surface area (Å²) in [5, 5.41) is 2.80. The molecule has 0 bridgehead atoms. The Kier molecular flexibility index (Phi) is 7.11. The summed E-state index contributed by atoms with van der Waals surface area (Å²) in [6, 6.07) is 16.6. The predicted molar refractivity (Wildman–Crippen MR) is 99.2 cm³/mol. The lowest BCUT2D eigenvalue weighted by Gasteiger charge is -2.05. The van der Waals surface area contributed by atoms with Gasteiger partial charge in [0.2, 0.25) is 5.91 Å². The van der Waals surface area contributed by atoms with Crippen LogP contribution in [0.25, 0.3) is 6.08 Å². The smallest absolute Gasteiger partial charge is 0.337 e. The monoisotopic (exact) mass is 341 g/mol. The van der Waals surface area contributed by atoms with Crippen LogP contribution in [0.4, 0.5) is 5.69 Å². The van der Waals surface area contributed by atoms with Crippen molar-refractivity contribution in [1.29, 1.82) is 0 Å². The third-order valence-electron chi connectivity index (χ3n) is 3.15. The van der Waals surface area contributed by atoms with E-state index in [1.165, 1.54) is 18.9 Å². The van der Waals surface area contributed by atoms with Gasteiger partial charge in [0.05, 0.1) is 18.4 Å². The molecule has 5 heteroatoms. The minimum Gasteiger partial charge on any atom is -0.465 e. The molecule has 124 valence electrons. The molecular weight excluding hydrogens is 322 g/mol. The second-order valence-corrected chi connectivity index (χ2v) is 5.98. The van der Waals surface area contributed by atoms with Crippen LogP contribution >= 0.6 is 11.8 Å². The van der Waals surface area contributed by atoms with Crippen LogP contribution in [-0.4, -0.2) is 30.5 Å². The molecule has 0 aliphatic carbocycles. The van der Waals surface area contributed by atoms with Crippen LogP contribution in [0, 0.1) is 0 Å². The lowest BCUT2D eigenvalue weighted by atomic mass is 10.2. The van der Waals surface area contributed by atoms with Crippen molar-refractivity contribution in [3.8, 4) is 0 Å². The van der Waals surface area contributed by atoms with E-state index in [-0.39, 0.29) is 5.91 Å². The molecule has 0 saturated heterocycles. The topological polar surface area (TPSA) is 55.4 Å². The van der Waals surface area contributed by atoms with Crippen molar-refractivity contribution in [2.45, 2.75) is 0 Å².